The highest BCUT2D eigenvalue weighted by Gasteiger charge is 2.46. The molecule has 1 fully saturated rings. The minimum Gasteiger partial charge on any atom is -0.493 e. The zero-order chi connectivity index (χ0) is 24.3. The van der Waals surface area contributed by atoms with Gasteiger partial charge in [0, 0.05) is 17.7 Å². The Kier molecular flexibility index (Phi) is 6.44. The van der Waals surface area contributed by atoms with Gasteiger partial charge in [0.1, 0.15) is 0 Å². The minimum absolute atomic E-state index is 0.183. The highest BCUT2D eigenvalue weighted by Crippen LogP contribution is 2.31. The van der Waals surface area contributed by atoms with Crippen LogP contribution >= 0.6 is 0 Å². The Labute approximate surface area is 193 Å². The maximum absolute atomic E-state index is 12.9. The summed E-state index contributed by atoms with van der Waals surface area (Å²) in [5.74, 6) is -2.66. The maximum atomic E-state index is 12.9. The summed E-state index contributed by atoms with van der Waals surface area (Å²) in [4.78, 5) is 29.7. The second-order valence-electron chi connectivity index (χ2n) is 7.71. The quantitative estimate of drug-likeness (QED) is 0.537. The van der Waals surface area contributed by atoms with Gasteiger partial charge in [-0.3, -0.25) is 9.59 Å². The molecule has 2 heterocycles. The molecule has 0 unspecified atom stereocenters. The van der Waals surface area contributed by atoms with E-state index >= 15 is 0 Å². The monoisotopic (exact) mass is 472 g/mol. The van der Waals surface area contributed by atoms with E-state index in [2.05, 4.69) is 15.5 Å². The lowest BCUT2D eigenvalue weighted by atomic mass is 10.1. The molecule has 2 amide bonds. The van der Waals surface area contributed by atoms with Crippen molar-refractivity contribution in [2.75, 3.05) is 33.9 Å². The van der Waals surface area contributed by atoms with Crippen molar-refractivity contribution in [1.82, 2.24) is 20.4 Å². The number of ether oxygens (including phenoxy) is 2. The fraction of sp³-hybridized carbons (Fsp3) is 0.304. The molecule has 1 aliphatic heterocycles. The van der Waals surface area contributed by atoms with Crippen LogP contribution in [-0.2, 0) is 6.42 Å². The van der Waals surface area contributed by atoms with Crippen molar-refractivity contribution in [3.8, 4) is 22.9 Å². The van der Waals surface area contributed by atoms with Crippen molar-refractivity contribution in [1.29, 1.82) is 0 Å². The van der Waals surface area contributed by atoms with Crippen LogP contribution in [0, 0.1) is 0 Å². The Morgan fingerprint density at radius 1 is 1.09 bits per heavy atom. The SMILES string of the molecule is COc1ccc(-c2noc(C(=O)NCCc3ccc(C(=O)N4CC(F)(F)C4)cc3)n2)cc1OC. The predicted octanol–water partition coefficient (Wildman–Crippen LogP) is 2.82. The van der Waals surface area contributed by atoms with E-state index in [9.17, 15) is 18.4 Å². The molecule has 1 saturated heterocycles. The Balaban J connectivity index is 1.29. The first-order valence-corrected chi connectivity index (χ1v) is 10.4. The van der Waals surface area contributed by atoms with Crippen LogP contribution in [0.3, 0.4) is 0 Å². The van der Waals surface area contributed by atoms with Crippen molar-refractivity contribution in [2.45, 2.75) is 12.3 Å². The second-order valence-corrected chi connectivity index (χ2v) is 7.71. The highest BCUT2D eigenvalue weighted by atomic mass is 19.3. The zero-order valence-electron chi connectivity index (χ0n) is 18.5. The van der Waals surface area contributed by atoms with Gasteiger partial charge in [-0.25, -0.2) is 8.78 Å². The molecule has 0 saturated carbocycles. The number of hydrogen-bond acceptors (Lipinski definition) is 7. The molecule has 34 heavy (non-hydrogen) atoms. The predicted molar refractivity (Wildman–Crippen MR) is 116 cm³/mol. The molecule has 0 bridgehead atoms. The van der Waals surface area contributed by atoms with E-state index < -0.39 is 30.8 Å². The third-order valence-corrected chi connectivity index (χ3v) is 5.29. The third kappa shape index (κ3) is 4.98. The summed E-state index contributed by atoms with van der Waals surface area (Å²) in [5, 5.41) is 6.54. The summed E-state index contributed by atoms with van der Waals surface area (Å²) < 4.78 is 41.4. The minimum atomic E-state index is -2.80. The van der Waals surface area contributed by atoms with Gasteiger partial charge in [0.25, 0.3) is 11.8 Å². The van der Waals surface area contributed by atoms with Crippen molar-refractivity contribution in [3.63, 3.8) is 0 Å². The number of amides is 2. The molecule has 9 nitrogen and oxygen atoms in total. The molecule has 3 aromatic rings. The first kappa shape index (κ1) is 23.1. The van der Waals surface area contributed by atoms with Crippen LogP contribution in [0.2, 0.25) is 0 Å². The fourth-order valence-corrected chi connectivity index (χ4v) is 3.46. The number of halogens is 2. The van der Waals surface area contributed by atoms with E-state index in [0.29, 0.717) is 35.6 Å². The maximum Gasteiger partial charge on any atom is 0.316 e. The van der Waals surface area contributed by atoms with Gasteiger partial charge in [-0.1, -0.05) is 17.3 Å². The summed E-state index contributed by atoms with van der Waals surface area (Å²) in [7, 11) is 3.04. The van der Waals surface area contributed by atoms with Crippen molar-refractivity contribution in [3.05, 3.63) is 59.5 Å². The summed E-state index contributed by atoms with van der Waals surface area (Å²) in [6.45, 7) is -0.815. The molecule has 0 atom stereocenters. The van der Waals surface area contributed by atoms with Crippen LogP contribution in [-0.4, -0.2) is 66.6 Å². The van der Waals surface area contributed by atoms with Crippen LogP contribution in [0.4, 0.5) is 8.78 Å². The average Bonchev–Trinajstić information content (AvgIpc) is 3.32. The van der Waals surface area contributed by atoms with Gasteiger partial charge in [0.2, 0.25) is 5.82 Å². The lowest BCUT2D eigenvalue weighted by molar-refractivity contribution is -0.113. The van der Waals surface area contributed by atoms with E-state index in [1.165, 1.54) is 14.2 Å². The zero-order valence-corrected chi connectivity index (χ0v) is 18.5. The van der Waals surface area contributed by atoms with Gasteiger partial charge in [-0.15, -0.1) is 0 Å². The lowest BCUT2D eigenvalue weighted by Crippen LogP contribution is -2.58. The number of likely N-dealkylation sites (tertiary alicyclic amines) is 1. The number of carbonyl (C=O) groups is 2. The molecule has 0 aliphatic carbocycles. The van der Waals surface area contributed by atoms with Crippen LogP contribution in [0.25, 0.3) is 11.4 Å². The highest BCUT2D eigenvalue weighted by molar-refractivity contribution is 5.95. The summed E-state index contributed by atoms with van der Waals surface area (Å²) in [6.07, 6.45) is 0.485. The van der Waals surface area contributed by atoms with Gasteiger partial charge >= 0.3 is 11.8 Å². The van der Waals surface area contributed by atoms with E-state index in [1.54, 1.807) is 42.5 Å². The second kappa shape index (κ2) is 9.46. The Morgan fingerprint density at radius 3 is 2.44 bits per heavy atom. The van der Waals surface area contributed by atoms with E-state index in [-0.39, 0.29) is 11.7 Å². The molecule has 2 aromatic carbocycles. The van der Waals surface area contributed by atoms with Gasteiger partial charge in [-0.05, 0) is 42.3 Å². The van der Waals surface area contributed by atoms with E-state index in [4.69, 9.17) is 14.0 Å². The molecule has 0 spiro atoms. The molecule has 0 radical (unpaired) electrons. The Hall–Kier alpha value is -4.02. The molecular weight excluding hydrogens is 450 g/mol. The number of hydrogen-bond donors (Lipinski definition) is 1. The first-order chi connectivity index (χ1) is 16.3. The molecule has 1 aromatic heterocycles. The van der Waals surface area contributed by atoms with Gasteiger partial charge < -0.3 is 24.2 Å². The number of alkyl halides is 2. The third-order valence-electron chi connectivity index (χ3n) is 5.29. The number of aromatic nitrogens is 2. The van der Waals surface area contributed by atoms with Crippen molar-refractivity contribution in [2.24, 2.45) is 0 Å². The van der Waals surface area contributed by atoms with Crippen LogP contribution < -0.4 is 14.8 Å². The molecule has 1 N–H and O–H groups in total. The number of nitrogens with one attached hydrogen (secondary N) is 1. The van der Waals surface area contributed by atoms with E-state index in [0.717, 1.165) is 10.5 Å². The first-order valence-electron chi connectivity index (χ1n) is 10.4. The molecule has 178 valence electrons. The summed E-state index contributed by atoms with van der Waals surface area (Å²) >= 11 is 0. The lowest BCUT2D eigenvalue weighted by Gasteiger charge is -2.38. The summed E-state index contributed by atoms with van der Waals surface area (Å²) in [6, 6.07) is 11.7. The molecular formula is C23H22F2N4O5. The molecule has 4 rings (SSSR count). The number of methoxy groups -OCH3 is 2. The van der Waals surface area contributed by atoms with Gasteiger partial charge in [0.15, 0.2) is 11.5 Å². The largest absolute Gasteiger partial charge is 0.493 e. The standard InChI is InChI=1S/C23H22F2N4O5/c1-32-17-8-7-16(11-18(17)33-2)19-27-21(34-28-19)20(30)26-10-9-14-3-5-15(6-4-14)22(31)29-12-23(24,25)13-29/h3-8,11H,9-10,12-13H2,1-2H3,(H,26,30). The fourth-order valence-electron chi connectivity index (χ4n) is 3.46. The Bertz CT molecular complexity index is 1190. The topological polar surface area (TPSA) is 107 Å². The van der Waals surface area contributed by atoms with Crippen molar-refractivity contribution < 1.29 is 32.4 Å². The van der Waals surface area contributed by atoms with Gasteiger partial charge in [0.05, 0.1) is 27.3 Å². The van der Waals surface area contributed by atoms with Crippen LogP contribution in [0.5, 0.6) is 11.5 Å². The van der Waals surface area contributed by atoms with Crippen molar-refractivity contribution >= 4 is 11.8 Å². The number of carbonyl (C=O) groups excluding carboxylic acids is 2. The number of nitrogens with zero attached hydrogens (tertiary/aromatic N) is 3. The number of rotatable bonds is 8. The smallest absolute Gasteiger partial charge is 0.316 e. The van der Waals surface area contributed by atoms with Crippen LogP contribution in [0.1, 0.15) is 26.6 Å². The molecule has 11 heteroatoms. The van der Waals surface area contributed by atoms with E-state index in [1.807, 2.05) is 0 Å². The van der Waals surface area contributed by atoms with Crippen LogP contribution in [0.15, 0.2) is 47.0 Å². The average molecular weight is 472 g/mol. The van der Waals surface area contributed by atoms with Gasteiger partial charge in [-0.2, -0.15) is 4.98 Å². The molecule has 1 aliphatic rings. The Morgan fingerprint density at radius 2 is 1.79 bits per heavy atom. The summed E-state index contributed by atoms with van der Waals surface area (Å²) in [5.41, 5.74) is 1.80. The normalized spacial score (nSPS) is 14.3. The number of benzene rings is 2.